The van der Waals surface area contributed by atoms with Crippen molar-refractivity contribution in [1.82, 2.24) is 38.2 Å². The molecule has 10 aromatic carbocycles. The summed E-state index contributed by atoms with van der Waals surface area (Å²) in [5.41, 5.74) is 17.9. The van der Waals surface area contributed by atoms with Crippen LogP contribution in [-0.2, 0) is 0 Å². The second kappa shape index (κ2) is 51.0. The number of fused-ring (bicyclic) bond motifs is 10. The van der Waals surface area contributed by atoms with Gasteiger partial charge in [-0.15, -0.1) is 45.3 Å². The first-order valence-corrected chi connectivity index (χ1v) is 49.0. The van der Waals surface area contributed by atoms with E-state index >= 15 is 0 Å². The molecular weight excluding hydrogens is 2010 g/mol. The molecule has 143 heavy (non-hydrogen) atoms. The van der Waals surface area contributed by atoms with E-state index in [0.29, 0.717) is 11.1 Å². The molecule has 0 unspecified atom stereocenters. The molecule has 0 aromatic heterocycles. The van der Waals surface area contributed by atoms with Crippen LogP contribution in [0.5, 0.6) is 11.5 Å². The van der Waals surface area contributed by atoms with Crippen molar-refractivity contribution in [3.63, 3.8) is 0 Å². The van der Waals surface area contributed by atoms with Gasteiger partial charge in [0, 0.05) is 191 Å². The third-order valence-corrected chi connectivity index (χ3v) is 28.6. The van der Waals surface area contributed by atoms with Crippen molar-refractivity contribution in [1.29, 1.82) is 10.5 Å². The Balaban J connectivity index is 0.000000208. The number of halogens is 6. The van der Waals surface area contributed by atoms with Crippen molar-refractivity contribution in [2.75, 3.05) is 175 Å². The van der Waals surface area contributed by atoms with Crippen LogP contribution in [0.15, 0.2) is 283 Å². The number of carbonyl (C=O) groups is 3. The molecule has 0 atom stereocenters. The first-order chi connectivity index (χ1) is 67.4. The molecule has 0 saturated heterocycles. The lowest BCUT2D eigenvalue weighted by atomic mass is 10.1. The third kappa shape index (κ3) is 27.8. The number of benzene rings is 14. The van der Waals surface area contributed by atoms with Crippen molar-refractivity contribution in [3.8, 4) is 65.9 Å². The molecule has 5 aliphatic heterocycles. The SMILES string of the molecule is C.CN(C)c1ccc2c(c1)Sc1cc(N(C)C)ccc1N2C(=O)c1ccccc1.CN(C)c1ccc2nc3ccc(=[N+](C)C)cc-3sc2c1.CN(C)c1ccc2nc3ccc(=[N+](C)C)cc-3sc2c1.CN(C)c1ccc2nc3ccc(=[N+](C)C)cc-3sc2c1.CN(C)c1ccc2nc3ccc(=[N+](C)C)cc-3sc2c1.N#Cc1c([O-])c(Cl)c(Cl)c(OC(=O)c2ccccc2)c1C#N.O=C(Cl)c1ccccc1.[2H][2H].[Cl-].[Cl-].[Cl-]. The number of hydrogen-bond acceptors (Lipinski definition) is 22. The molecule has 0 saturated carbocycles. The Bertz CT molecular complexity index is 7290. The molecule has 0 spiro atoms. The van der Waals surface area contributed by atoms with E-state index in [2.05, 4.69) is 330 Å². The molecule has 9 aliphatic rings. The Morgan fingerprint density at radius 1 is 0.371 bits per heavy atom. The number of aromatic nitrogens is 4. The third-order valence-electron chi connectivity index (χ3n) is 22.1. The van der Waals surface area contributed by atoms with Crippen LogP contribution in [0.3, 0.4) is 0 Å². The molecular formula is C110H111Cl6N17O5S5. The number of hydrogen-bond donors (Lipinski definition) is 0. The van der Waals surface area contributed by atoms with E-state index in [1.54, 1.807) is 112 Å². The minimum Gasteiger partial charge on any atom is -1.00 e. The zero-order valence-corrected chi connectivity index (χ0v) is 90.6. The Labute approximate surface area is 891 Å². The minimum atomic E-state index is -0.884. The number of rotatable bonds is 10. The number of amides is 1. The predicted molar refractivity (Wildman–Crippen MR) is 592 cm³/mol. The lowest BCUT2D eigenvalue weighted by molar-refractivity contribution is -0.268. The monoisotopic (exact) mass is 2120 g/mol. The van der Waals surface area contributed by atoms with Gasteiger partial charge in [-0.2, -0.15) is 10.5 Å². The quantitative estimate of drug-likeness (QED) is 0.0409. The topological polar surface area (TPSA) is 217 Å². The normalized spacial score (nSPS) is 10.7. The molecule has 19 rings (SSSR count). The maximum Gasteiger partial charge on any atom is 0.343 e. The van der Waals surface area contributed by atoms with Crippen molar-refractivity contribution in [3.05, 3.63) is 332 Å². The molecule has 22 nitrogen and oxygen atoms in total. The van der Waals surface area contributed by atoms with Crippen molar-refractivity contribution >= 4 is 195 Å². The maximum atomic E-state index is 13.5. The number of ether oxygens (including phenoxy) is 1. The van der Waals surface area contributed by atoms with Gasteiger partial charge < -0.3 is 76.5 Å². The molecule has 0 N–H and O–H groups in total. The van der Waals surface area contributed by atoms with Crippen LogP contribution in [-0.4, -0.2) is 178 Å². The summed E-state index contributed by atoms with van der Waals surface area (Å²) in [5.74, 6) is -2.10. The Kier molecular flexibility index (Phi) is 39.8. The van der Waals surface area contributed by atoms with Gasteiger partial charge in [-0.1, -0.05) is 115 Å². The van der Waals surface area contributed by atoms with E-state index < -0.39 is 38.9 Å². The lowest BCUT2D eigenvalue weighted by Gasteiger charge is -2.32. The van der Waals surface area contributed by atoms with E-state index in [0.717, 1.165) is 77.4 Å². The van der Waals surface area contributed by atoms with Crippen LogP contribution in [0.2, 0.25) is 10.0 Å². The van der Waals surface area contributed by atoms with Gasteiger partial charge >= 0.3 is 5.97 Å². The van der Waals surface area contributed by atoms with Gasteiger partial charge in [0.1, 0.15) is 79.1 Å². The fraction of sp³-hybridized carbons (Fsp3) is 0.191. The van der Waals surface area contributed by atoms with Crippen LogP contribution < -0.4 is 121 Å². The Hall–Kier alpha value is -13.4. The highest BCUT2D eigenvalue weighted by atomic mass is 35.5. The van der Waals surface area contributed by atoms with Crippen LogP contribution in [0, 0.1) is 22.7 Å². The van der Waals surface area contributed by atoms with Gasteiger partial charge in [0.25, 0.3) is 11.1 Å². The molecule has 10 aromatic rings. The van der Waals surface area contributed by atoms with Crippen molar-refractivity contribution in [2.24, 2.45) is 0 Å². The number of nitrogens with zero attached hydrogens (tertiary/aromatic N) is 17. The summed E-state index contributed by atoms with van der Waals surface area (Å²) in [6, 6.07) is 93.2. The average Bonchev–Trinajstić information content (AvgIpc) is 0.746. The number of carbonyl (C=O) groups excluding carboxylic acids is 3. The van der Waals surface area contributed by atoms with Gasteiger partial charge in [-0.05, 0) is 169 Å². The smallest absolute Gasteiger partial charge is 0.343 e. The van der Waals surface area contributed by atoms with E-state index in [1.165, 1.54) is 94.6 Å². The van der Waals surface area contributed by atoms with Crippen LogP contribution in [0.4, 0.5) is 45.5 Å². The van der Waals surface area contributed by atoms with Gasteiger partial charge in [0.2, 0.25) is 21.4 Å². The van der Waals surface area contributed by atoms with Gasteiger partial charge in [0.15, 0.2) is 5.75 Å². The number of nitriles is 2. The van der Waals surface area contributed by atoms with Gasteiger partial charge in [-0.25, -0.2) is 43.0 Å². The molecule has 0 radical (unpaired) electrons. The highest BCUT2D eigenvalue weighted by Gasteiger charge is 2.31. The summed E-state index contributed by atoms with van der Waals surface area (Å²) in [5, 5.41) is 33.4. The average molecular weight is 2130 g/mol. The second-order valence-corrected chi connectivity index (χ2v) is 40.6. The van der Waals surface area contributed by atoms with E-state index in [-0.39, 0.29) is 61.1 Å². The fourth-order valence-electron chi connectivity index (χ4n) is 14.2. The van der Waals surface area contributed by atoms with Crippen LogP contribution in [0.1, 0.15) is 52.6 Å². The molecule has 1 amide bonds. The largest absolute Gasteiger partial charge is 1.00 e. The van der Waals surface area contributed by atoms with Crippen molar-refractivity contribution < 1.29 is 64.4 Å². The summed E-state index contributed by atoms with van der Waals surface area (Å²) < 4.78 is 28.4. The summed E-state index contributed by atoms with van der Waals surface area (Å²) in [6.45, 7) is 0. The molecule has 0 bridgehead atoms. The lowest BCUT2D eigenvalue weighted by Crippen LogP contribution is -3.00. The van der Waals surface area contributed by atoms with Gasteiger partial charge in [-0.3, -0.25) is 14.5 Å². The fourth-order valence-corrected chi connectivity index (χ4v) is 19.9. The second-order valence-electron chi connectivity index (χ2n) is 34.1. The first-order valence-electron chi connectivity index (χ1n) is 44.8. The van der Waals surface area contributed by atoms with Crippen LogP contribution >= 0.6 is 91.9 Å². The molecule has 5 heterocycles. The van der Waals surface area contributed by atoms with Crippen molar-refractivity contribution in [2.45, 2.75) is 17.2 Å². The predicted octanol–water partition coefficient (Wildman–Crippen LogP) is 12.2. The zero-order chi connectivity index (χ0) is 102. The van der Waals surface area contributed by atoms with E-state index in [1.807, 2.05) is 81.6 Å². The first kappa shape index (κ1) is 112. The number of anilines is 8. The summed E-state index contributed by atoms with van der Waals surface area (Å²) in [7, 11) is 41.1. The Morgan fingerprint density at radius 3 is 0.909 bits per heavy atom. The van der Waals surface area contributed by atoms with E-state index in [9.17, 15) is 19.5 Å². The Morgan fingerprint density at radius 2 is 0.643 bits per heavy atom. The highest BCUT2D eigenvalue weighted by Crippen LogP contribution is 2.51. The minimum absolute atomic E-state index is 0. The summed E-state index contributed by atoms with van der Waals surface area (Å²) in [6.07, 6.45) is 0. The molecule has 738 valence electrons. The zero-order valence-electron chi connectivity index (χ0n) is 83.9. The van der Waals surface area contributed by atoms with Gasteiger partial charge in [0.05, 0.1) is 111 Å². The molecule has 0 fully saturated rings. The molecule has 33 heteroatoms. The van der Waals surface area contributed by atoms with Crippen LogP contribution in [0.25, 0.3) is 83.2 Å². The summed E-state index contributed by atoms with van der Waals surface area (Å²) >= 11 is 25.7. The maximum absolute atomic E-state index is 13.5. The standard InChI is InChI=1S/C23H23N3OS.4C16H18N3S.C15H6Cl2N2O3.C7H5ClO.CH4.3ClH.H2/c1-24(2)17-10-12-19-21(14-17)28-22-15-18(25(3)4)11-13-20(22)26(19)23(27)16-8-6-5-7-9-16;4*1-18(2)11-5-7-13-15(9-11)20-16-10-12(19(3)4)6-8-14(16)17-13;16-11-12(17)14(10(7-19)9(6-18)13(11)20)22-15(21)8-4-2-1-3-5-8;8-7(9)6-4-2-1-3-5-6;;;;;/h5-15H,1-4H3;4*5-10H,1-4H3;1-5,20H;1-5H;1H4;4*1H/q;4*+1;;;;;;;/p-4/i;;;;;;;;;;;1+1D. The number of esters is 1. The highest BCUT2D eigenvalue weighted by molar-refractivity contribution is 7.99. The summed E-state index contributed by atoms with van der Waals surface area (Å²) in [4.78, 5) is 76.4. The molecule has 4 aliphatic carbocycles. The van der Waals surface area contributed by atoms with E-state index in [4.69, 9.17) is 73.0 Å².